The zero-order chi connectivity index (χ0) is 21.4. The van der Waals surface area contributed by atoms with Crippen molar-refractivity contribution in [3.8, 4) is 6.07 Å². The Bertz CT molecular complexity index is 1240. The van der Waals surface area contributed by atoms with Gasteiger partial charge in [-0.15, -0.1) is 0 Å². The van der Waals surface area contributed by atoms with Crippen molar-refractivity contribution < 1.29 is 0 Å². The molecule has 2 aromatic heterocycles. The maximum atomic E-state index is 9.33. The summed E-state index contributed by atoms with van der Waals surface area (Å²) >= 11 is 0. The van der Waals surface area contributed by atoms with Gasteiger partial charge in [-0.3, -0.25) is 9.98 Å². The van der Waals surface area contributed by atoms with Crippen LogP contribution >= 0.6 is 0 Å². The minimum atomic E-state index is 0.486. The van der Waals surface area contributed by atoms with Crippen molar-refractivity contribution in [1.82, 2.24) is 19.4 Å². The van der Waals surface area contributed by atoms with Gasteiger partial charge in [-0.2, -0.15) is 10.2 Å². The highest BCUT2D eigenvalue weighted by Crippen LogP contribution is 2.28. The molecule has 7 nitrogen and oxygen atoms in total. The summed E-state index contributed by atoms with van der Waals surface area (Å²) in [5.41, 5.74) is 5.71. The molecule has 31 heavy (non-hydrogen) atoms. The third-order valence-electron chi connectivity index (χ3n) is 6.62. The van der Waals surface area contributed by atoms with E-state index in [1.54, 1.807) is 0 Å². The molecule has 5 rings (SSSR count). The van der Waals surface area contributed by atoms with Crippen LogP contribution in [0.1, 0.15) is 41.1 Å². The summed E-state index contributed by atoms with van der Waals surface area (Å²) < 4.78 is 2.20. The lowest BCUT2D eigenvalue weighted by molar-refractivity contribution is 0.253. The molecule has 2 aliphatic heterocycles. The van der Waals surface area contributed by atoms with E-state index < -0.39 is 0 Å². The Kier molecular flexibility index (Phi) is 5.16. The van der Waals surface area contributed by atoms with Crippen molar-refractivity contribution in [2.75, 3.05) is 32.0 Å². The molecule has 0 amide bonds. The van der Waals surface area contributed by atoms with E-state index >= 15 is 0 Å². The van der Waals surface area contributed by atoms with Crippen LogP contribution in [0.25, 0.3) is 10.9 Å². The van der Waals surface area contributed by atoms with Crippen molar-refractivity contribution >= 4 is 16.9 Å². The number of rotatable bonds is 3. The van der Waals surface area contributed by atoms with Gasteiger partial charge in [-0.25, -0.2) is 0 Å². The molecule has 3 aromatic rings. The van der Waals surface area contributed by atoms with Crippen LogP contribution in [0.5, 0.6) is 0 Å². The molecule has 1 N–H and O–H groups in total. The monoisotopic (exact) mass is 413 g/mol. The standard InChI is InChI=1S/C24H27N7/c1-16-18(13-25)4-3-5-19(16)14-28-23-20-12-21(17-6-9-30(2)10-7-17)27-15-22(20)31-11-8-26-24(31)29-23/h3-5,12,15,17H,6-11,14H2,1-2H3,(H,26,28,29). The second-order valence-corrected chi connectivity index (χ2v) is 8.56. The first-order valence-corrected chi connectivity index (χ1v) is 11.0. The first-order chi connectivity index (χ1) is 15.1. The first kappa shape index (κ1) is 19.7. The number of benzene rings is 1. The van der Waals surface area contributed by atoms with E-state index in [1.165, 1.54) is 0 Å². The van der Waals surface area contributed by atoms with Gasteiger partial charge >= 0.3 is 0 Å². The smallest absolute Gasteiger partial charge is 0.205 e. The Balaban J connectivity index is 1.60. The molecule has 0 unspecified atom stereocenters. The number of anilines is 1. The third-order valence-corrected chi connectivity index (χ3v) is 6.62. The summed E-state index contributed by atoms with van der Waals surface area (Å²) in [4.78, 5) is 17.0. The number of nitrogens with one attached hydrogen (secondary N) is 1. The molecule has 0 bridgehead atoms. The lowest BCUT2D eigenvalue weighted by Crippen LogP contribution is -2.29. The van der Waals surface area contributed by atoms with Gasteiger partial charge in [-0.1, -0.05) is 12.1 Å². The predicted molar refractivity (Wildman–Crippen MR) is 121 cm³/mol. The number of nitrogens with zero attached hydrogens (tertiary/aromatic N) is 6. The van der Waals surface area contributed by atoms with Crippen molar-refractivity contribution in [3.63, 3.8) is 0 Å². The Morgan fingerprint density at radius 1 is 1.26 bits per heavy atom. The van der Waals surface area contributed by atoms with Crippen molar-refractivity contribution in [1.29, 1.82) is 5.26 Å². The zero-order valence-electron chi connectivity index (χ0n) is 18.1. The molecular weight excluding hydrogens is 386 g/mol. The molecule has 2 aliphatic rings. The highest BCUT2D eigenvalue weighted by molar-refractivity contribution is 5.79. The van der Waals surface area contributed by atoms with Crippen molar-refractivity contribution in [3.05, 3.63) is 58.3 Å². The van der Waals surface area contributed by atoms with E-state index in [0.29, 0.717) is 18.0 Å². The van der Waals surface area contributed by atoms with Crippen LogP contribution in [0.2, 0.25) is 0 Å². The number of pyridine rings is 1. The van der Waals surface area contributed by atoms with Gasteiger partial charge in [-0.05, 0) is 63.2 Å². The van der Waals surface area contributed by atoms with E-state index in [1.807, 2.05) is 31.3 Å². The third kappa shape index (κ3) is 3.68. The molecule has 7 heteroatoms. The minimum absolute atomic E-state index is 0.486. The predicted octanol–water partition coefficient (Wildman–Crippen LogP) is 2.95. The van der Waals surface area contributed by atoms with E-state index in [2.05, 4.69) is 34.0 Å². The average Bonchev–Trinajstić information content (AvgIpc) is 3.27. The lowest BCUT2D eigenvalue weighted by Gasteiger charge is -2.28. The fourth-order valence-corrected chi connectivity index (χ4v) is 4.62. The summed E-state index contributed by atoms with van der Waals surface area (Å²) in [6, 6.07) is 10.3. The molecule has 0 aliphatic carbocycles. The summed E-state index contributed by atoms with van der Waals surface area (Å²) in [7, 11) is 2.18. The fourth-order valence-electron chi connectivity index (χ4n) is 4.62. The number of hydrogen-bond acceptors (Lipinski definition) is 6. The molecule has 0 spiro atoms. The molecule has 0 saturated carbocycles. The van der Waals surface area contributed by atoms with Crippen molar-refractivity contribution in [2.45, 2.75) is 38.8 Å². The molecule has 0 atom stereocenters. The van der Waals surface area contributed by atoms with Gasteiger partial charge in [0.2, 0.25) is 5.95 Å². The van der Waals surface area contributed by atoms with Gasteiger partial charge in [0.1, 0.15) is 0 Å². The molecule has 4 heterocycles. The Morgan fingerprint density at radius 2 is 2.10 bits per heavy atom. The molecule has 1 saturated heterocycles. The van der Waals surface area contributed by atoms with Crippen LogP contribution in [-0.4, -0.2) is 46.1 Å². The van der Waals surface area contributed by atoms with Crippen molar-refractivity contribution in [2.24, 2.45) is 4.99 Å². The average molecular weight is 414 g/mol. The van der Waals surface area contributed by atoms with Crippen LogP contribution in [-0.2, 0) is 13.1 Å². The second-order valence-electron chi connectivity index (χ2n) is 8.56. The summed E-state index contributed by atoms with van der Waals surface area (Å²) in [6.07, 6.45) is 4.27. The highest BCUT2D eigenvalue weighted by atomic mass is 15.3. The van der Waals surface area contributed by atoms with Gasteiger partial charge in [0.05, 0.1) is 29.9 Å². The largest absolute Gasteiger partial charge is 0.354 e. The first-order valence-electron chi connectivity index (χ1n) is 11.0. The molecular formula is C24H27N7. The van der Waals surface area contributed by atoms with E-state index in [9.17, 15) is 5.26 Å². The topological polar surface area (TPSA) is 82.1 Å². The van der Waals surface area contributed by atoms with Crippen LogP contribution in [0.15, 0.2) is 35.5 Å². The SMILES string of the molecule is Cc1c(C#N)cccc1CN=c1nc2n(c3cnc(C4CCN(C)CC4)cc13)CCN2. The van der Waals surface area contributed by atoms with Crippen LogP contribution < -0.4 is 10.8 Å². The highest BCUT2D eigenvalue weighted by Gasteiger charge is 2.21. The second kappa shape index (κ2) is 8.12. The molecule has 1 aromatic carbocycles. The number of aromatic nitrogens is 3. The molecule has 158 valence electrons. The molecule has 0 radical (unpaired) electrons. The number of piperidine rings is 1. The fraction of sp³-hybridized carbons (Fsp3) is 0.417. The maximum absolute atomic E-state index is 9.33. The van der Waals surface area contributed by atoms with Gasteiger partial charge in [0.15, 0.2) is 5.49 Å². The number of likely N-dealkylation sites (tertiary alicyclic amines) is 1. The van der Waals surface area contributed by atoms with Gasteiger partial charge < -0.3 is 14.8 Å². The summed E-state index contributed by atoms with van der Waals surface area (Å²) in [5, 5.41) is 13.8. The van der Waals surface area contributed by atoms with E-state index in [-0.39, 0.29) is 0 Å². The summed E-state index contributed by atoms with van der Waals surface area (Å²) in [6.45, 7) is 6.45. The van der Waals surface area contributed by atoms with Crippen LogP contribution in [0.4, 0.5) is 5.95 Å². The number of fused-ring (bicyclic) bond motifs is 3. The maximum Gasteiger partial charge on any atom is 0.205 e. The van der Waals surface area contributed by atoms with Gasteiger partial charge in [0.25, 0.3) is 0 Å². The Labute approximate surface area is 182 Å². The van der Waals surface area contributed by atoms with E-state index in [4.69, 9.17) is 15.0 Å². The quantitative estimate of drug-likeness (QED) is 0.714. The number of hydrogen-bond donors (Lipinski definition) is 1. The van der Waals surface area contributed by atoms with Crippen LogP contribution in [0.3, 0.4) is 0 Å². The lowest BCUT2D eigenvalue weighted by atomic mass is 9.93. The normalized spacial score (nSPS) is 17.5. The summed E-state index contributed by atoms with van der Waals surface area (Å²) in [5.74, 6) is 1.34. The number of nitriles is 1. The Hall–Kier alpha value is -3.24. The van der Waals surface area contributed by atoms with E-state index in [0.717, 1.165) is 78.2 Å². The molecule has 1 fully saturated rings. The van der Waals surface area contributed by atoms with Gasteiger partial charge in [0, 0.05) is 30.1 Å². The zero-order valence-corrected chi connectivity index (χ0v) is 18.1. The minimum Gasteiger partial charge on any atom is -0.354 e. The Morgan fingerprint density at radius 3 is 2.90 bits per heavy atom. The van der Waals surface area contributed by atoms with Crippen LogP contribution in [0, 0.1) is 18.3 Å².